The smallest absolute Gasteiger partial charge is 0.410 e. The van der Waals surface area contributed by atoms with Gasteiger partial charge in [-0.25, -0.2) is 4.79 Å². The molecule has 0 bridgehead atoms. The van der Waals surface area contributed by atoms with Crippen LogP contribution in [0.3, 0.4) is 0 Å². The molecule has 2 rings (SSSR count). The van der Waals surface area contributed by atoms with Gasteiger partial charge in [-0.1, -0.05) is 22.9 Å². The van der Waals surface area contributed by atoms with E-state index >= 15 is 0 Å². The molecule has 7 nitrogen and oxygen atoms in total. The van der Waals surface area contributed by atoms with Crippen LogP contribution in [0.1, 0.15) is 12.5 Å². The summed E-state index contributed by atoms with van der Waals surface area (Å²) in [5, 5.41) is 3.57. The monoisotopic (exact) mass is 312 g/mol. The number of carbonyl (C=O) groups is 1. The molecule has 0 aromatic heterocycles. The van der Waals surface area contributed by atoms with Crippen molar-refractivity contribution in [3.05, 3.63) is 29.8 Å². The first-order chi connectivity index (χ1) is 9.92. The van der Waals surface area contributed by atoms with Crippen molar-refractivity contribution in [1.29, 1.82) is 0 Å². The minimum absolute atomic E-state index is 0.0408. The number of benzene rings is 1. The molecule has 0 unspecified atom stereocenters. The Morgan fingerprint density at radius 2 is 1.90 bits per heavy atom. The van der Waals surface area contributed by atoms with Crippen molar-refractivity contribution in [3.63, 3.8) is 0 Å². The molecule has 0 atom stereocenters. The first-order valence-corrected chi connectivity index (χ1v) is 7.81. The second-order valence-electron chi connectivity index (χ2n) is 4.55. The van der Waals surface area contributed by atoms with Gasteiger partial charge in [-0.15, -0.1) is 0 Å². The Kier molecular flexibility index (Phi) is 4.46. The second kappa shape index (κ2) is 6.13. The van der Waals surface area contributed by atoms with Crippen LogP contribution in [-0.2, 0) is 19.1 Å². The van der Waals surface area contributed by atoms with Crippen molar-refractivity contribution < 1.29 is 22.2 Å². The van der Waals surface area contributed by atoms with E-state index in [-0.39, 0.29) is 18.0 Å². The largest absolute Gasteiger partial charge is 0.450 e. The zero-order valence-electron chi connectivity index (χ0n) is 11.8. The van der Waals surface area contributed by atoms with Crippen molar-refractivity contribution in [2.24, 2.45) is 5.16 Å². The zero-order valence-corrected chi connectivity index (χ0v) is 12.6. The lowest BCUT2D eigenvalue weighted by Gasteiger charge is -2.30. The predicted molar refractivity (Wildman–Crippen MR) is 75.5 cm³/mol. The molecule has 8 heteroatoms. The van der Waals surface area contributed by atoms with Gasteiger partial charge in [-0.2, -0.15) is 8.42 Å². The number of nitrogens with zero attached hydrogens (tertiary/aromatic N) is 2. The van der Waals surface area contributed by atoms with Gasteiger partial charge in [0, 0.05) is 0 Å². The maximum absolute atomic E-state index is 11.9. The highest BCUT2D eigenvalue weighted by Gasteiger charge is 2.29. The number of hydrogen-bond donors (Lipinski definition) is 0. The van der Waals surface area contributed by atoms with Gasteiger partial charge in [-0.05, 0) is 26.0 Å². The van der Waals surface area contributed by atoms with E-state index in [2.05, 4.69) is 9.44 Å². The molecule has 0 N–H and O–H groups in total. The van der Waals surface area contributed by atoms with Gasteiger partial charge in [0.15, 0.2) is 0 Å². The van der Waals surface area contributed by atoms with Crippen molar-refractivity contribution in [2.75, 3.05) is 19.7 Å². The number of amides is 1. The summed E-state index contributed by atoms with van der Waals surface area (Å²) in [5.74, 6) is 0. The fourth-order valence-corrected chi connectivity index (χ4v) is 2.40. The van der Waals surface area contributed by atoms with E-state index < -0.39 is 16.2 Å². The summed E-state index contributed by atoms with van der Waals surface area (Å²) in [7, 11) is -3.92. The third-order valence-corrected chi connectivity index (χ3v) is 3.97. The van der Waals surface area contributed by atoms with Gasteiger partial charge in [-0.3, -0.25) is 9.18 Å². The highest BCUT2D eigenvalue weighted by molar-refractivity contribution is 7.86. The molecule has 1 aromatic carbocycles. The van der Waals surface area contributed by atoms with E-state index in [0.717, 1.165) is 5.56 Å². The Hall–Kier alpha value is -2.09. The van der Waals surface area contributed by atoms with Gasteiger partial charge in [0.05, 0.1) is 25.4 Å². The minimum Gasteiger partial charge on any atom is -0.450 e. The number of aryl methyl sites for hydroxylation is 1. The Balaban J connectivity index is 1.93. The molecule has 0 spiro atoms. The molecule has 0 radical (unpaired) electrons. The third-order valence-electron chi connectivity index (χ3n) is 2.85. The van der Waals surface area contributed by atoms with Crippen molar-refractivity contribution in [2.45, 2.75) is 18.7 Å². The average molecular weight is 312 g/mol. The molecule has 1 aromatic rings. The summed E-state index contributed by atoms with van der Waals surface area (Å²) >= 11 is 0. The van der Waals surface area contributed by atoms with Crippen molar-refractivity contribution in [1.82, 2.24) is 4.90 Å². The Bertz CT molecular complexity index is 644. The molecular weight excluding hydrogens is 296 g/mol. The number of rotatable bonds is 4. The van der Waals surface area contributed by atoms with Gasteiger partial charge in [0.25, 0.3) is 0 Å². The SMILES string of the molecule is CCOC(=O)N1CC(=NOS(=O)(=O)c2ccc(C)cc2)C1. The van der Waals surface area contributed by atoms with Crippen molar-refractivity contribution in [3.8, 4) is 0 Å². The molecule has 1 heterocycles. The van der Waals surface area contributed by atoms with E-state index in [1.54, 1.807) is 19.1 Å². The first kappa shape index (κ1) is 15.3. The van der Waals surface area contributed by atoms with E-state index in [1.807, 2.05) is 6.92 Å². The molecule has 1 aliphatic heterocycles. The lowest BCUT2D eigenvalue weighted by Crippen LogP contribution is -2.51. The molecule has 0 aliphatic carbocycles. The van der Waals surface area contributed by atoms with Gasteiger partial charge < -0.3 is 4.74 Å². The third kappa shape index (κ3) is 3.72. The summed E-state index contributed by atoms with van der Waals surface area (Å²) < 4.78 is 33.2. The van der Waals surface area contributed by atoms with Crippen LogP contribution >= 0.6 is 0 Å². The summed E-state index contributed by atoms with van der Waals surface area (Å²) in [6.07, 6.45) is -0.446. The quantitative estimate of drug-likeness (QED) is 0.787. The normalized spacial score (nSPS) is 14.4. The van der Waals surface area contributed by atoms with E-state index in [0.29, 0.717) is 12.3 Å². The topological polar surface area (TPSA) is 85.3 Å². The number of hydrogen-bond acceptors (Lipinski definition) is 6. The van der Waals surface area contributed by atoms with Crippen LogP contribution in [0.15, 0.2) is 34.3 Å². The summed E-state index contributed by atoms with van der Waals surface area (Å²) in [6, 6.07) is 6.26. The van der Waals surface area contributed by atoms with Gasteiger partial charge in [0.1, 0.15) is 4.90 Å². The maximum atomic E-state index is 11.9. The van der Waals surface area contributed by atoms with Crippen LogP contribution in [-0.4, -0.2) is 44.8 Å². The summed E-state index contributed by atoms with van der Waals surface area (Å²) in [5.41, 5.74) is 1.42. The number of likely N-dealkylation sites (tertiary alicyclic amines) is 1. The van der Waals surface area contributed by atoms with Crippen LogP contribution in [0.5, 0.6) is 0 Å². The predicted octanol–water partition coefficient (Wildman–Crippen LogP) is 1.53. The van der Waals surface area contributed by atoms with Gasteiger partial charge in [0.2, 0.25) is 0 Å². The van der Waals surface area contributed by atoms with Crippen molar-refractivity contribution >= 4 is 21.9 Å². The lowest BCUT2D eigenvalue weighted by molar-refractivity contribution is 0.109. The molecule has 1 amide bonds. The maximum Gasteiger partial charge on any atom is 0.410 e. The van der Waals surface area contributed by atoms with Crippen LogP contribution < -0.4 is 0 Å². The van der Waals surface area contributed by atoms with E-state index in [9.17, 15) is 13.2 Å². The van der Waals surface area contributed by atoms with E-state index in [4.69, 9.17) is 4.74 Å². The minimum atomic E-state index is -3.92. The van der Waals surface area contributed by atoms with Crippen LogP contribution in [0.25, 0.3) is 0 Å². The average Bonchev–Trinajstić information content (AvgIpc) is 2.37. The standard InChI is InChI=1S/C13H16N2O5S/c1-3-19-13(16)15-8-11(9-15)14-20-21(17,18)12-6-4-10(2)5-7-12/h4-7H,3,8-9H2,1-2H3. The highest BCUT2D eigenvalue weighted by Crippen LogP contribution is 2.15. The summed E-state index contributed by atoms with van der Waals surface area (Å²) in [4.78, 5) is 12.7. The Morgan fingerprint density at radius 3 is 2.48 bits per heavy atom. The lowest BCUT2D eigenvalue weighted by atomic mass is 10.2. The second-order valence-corrected chi connectivity index (χ2v) is 6.08. The molecular formula is C13H16N2O5S. The molecule has 0 saturated carbocycles. The number of carbonyl (C=O) groups excluding carboxylic acids is 1. The Labute approximate surface area is 123 Å². The fraction of sp³-hybridized carbons (Fsp3) is 0.385. The van der Waals surface area contributed by atoms with Crippen LogP contribution in [0.4, 0.5) is 4.79 Å². The highest BCUT2D eigenvalue weighted by atomic mass is 32.2. The number of oxime groups is 1. The molecule has 21 heavy (non-hydrogen) atoms. The van der Waals surface area contributed by atoms with E-state index in [1.165, 1.54) is 17.0 Å². The molecule has 114 valence electrons. The molecule has 1 saturated heterocycles. The molecule has 1 aliphatic rings. The van der Waals surface area contributed by atoms with Gasteiger partial charge >= 0.3 is 16.2 Å². The van der Waals surface area contributed by atoms with Crippen LogP contribution in [0.2, 0.25) is 0 Å². The first-order valence-electron chi connectivity index (χ1n) is 6.40. The molecule has 1 fully saturated rings. The Morgan fingerprint density at radius 1 is 1.29 bits per heavy atom. The fourth-order valence-electron chi connectivity index (χ4n) is 1.65. The van der Waals surface area contributed by atoms with Crippen LogP contribution in [0, 0.1) is 6.92 Å². The summed E-state index contributed by atoms with van der Waals surface area (Å²) in [6.45, 7) is 4.28. The zero-order chi connectivity index (χ0) is 15.5. The number of ether oxygens (including phenoxy) is 1.